The minimum atomic E-state index is 0.152. The molecule has 0 aliphatic carbocycles. The SMILES string of the molecule is O=C(Cc1cccc2ccccc12)N1CCN(c2ncnc3c2nnn3-c2ccccc2)CC1. The van der Waals surface area contributed by atoms with Crippen molar-refractivity contribution >= 4 is 33.7 Å². The van der Waals surface area contributed by atoms with E-state index in [0.29, 0.717) is 43.8 Å². The third-order valence-corrected chi connectivity index (χ3v) is 6.37. The van der Waals surface area contributed by atoms with Gasteiger partial charge in [0.1, 0.15) is 6.33 Å². The van der Waals surface area contributed by atoms with Crippen LogP contribution in [0.1, 0.15) is 5.56 Å². The molecular formula is C26H23N7O. The quantitative estimate of drug-likeness (QED) is 0.419. The fraction of sp³-hybridized carbons (Fsp3) is 0.192. The van der Waals surface area contributed by atoms with Gasteiger partial charge in [-0.1, -0.05) is 65.9 Å². The second kappa shape index (κ2) is 8.55. The molecule has 0 radical (unpaired) electrons. The van der Waals surface area contributed by atoms with Crippen LogP contribution in [0.2, 0.25) is 0 Å². The second-order valence-corrected chi connectivity index (χ2v) is 8.39. The zero-order chi connectivity index (χ0) is 22.9. The molecule has 8 nitrogen and oxygen atoms in total. The molecule has 1 aliphatic rings. The van der Waals surface area contributed by atoms with Crippen LogP contribution in [0.3, 0.4) is 0 Å². The van der Waals surface area contributed by atoms with Crippen LogP contribution >= 0.6 is 0 Å². The molecule has 6 rings (SSSR count). The van der Waals surface area contributed by atoms with Gasteiger partial charge in [0, 0.05) is 26.2 Å². The van der Waals surface area contributed by atoms with E-state index in [1.165, 1.54) is 0 Å². The molecule has 168 valence electrons. The zero-order valence-corrected chi connectivity index (χ0v) is 18.6. The molecular weight excluding hydrogens is 426 g/mol. The van der Waals surface area contributed by atoms with Crippen molar-refractivity contribution in [2.75, 3.05) is 31.1 Å². The lowest BCUT2D eigenvalue weighted by molar-refractivity contribution is -0.130. The number of carbonyl (C=O) groups is 1. The van der Waals surface area contributed by atoms with Crippen molar-refractivity contribution in [3.63, 3.8) is 0 Å². The number of aromatic nitrogens is 5. The Bertz CT molecular complexity index is 1470. The van der Waals surface area contributed by atoms with E-state index in [1.807, 2.05) is 59.5 Å². The van der Waals surface area contributed by atoms with E-state index >= 15 is 0 Å². The summed E-state index contributed by atoms with van der Waals surface area (Å²) in [5.41, 5.74) is 3.31. The first-order chi connectivity index (χ1) is 16.8. The molecule has 3 heterocycles. The molecule has 0 N–H and O–H groups in total. The number of nitrogens with zero attached hydrogens (tertiary/aromatic N) is 7. The number of rotatable bonds is 4. The van der Waals surface area contributed by atoms with Gasteiger partial charge >= 0.3 is 0 Å². The maximum absolute atomic E-state index is 13.1. The van der Waals surface area contributed by atoms with Gasteiger partial charge in [-0.2, -0.15) is 4.68 Å². The number of benzene rings is 3. The molecule has 8 heteroatoms. The maximum Gasteiger partial charge on any atom is 0.227 e. The van der Waals surface area contributed by atoms with Crippen molar-refractivity contribution in [2.45, 2.75) is 6.42 Å². The number of carbonyl (C=O) groups excluding carboxylic acids is 1. The Kier molecular flexibility index (Phi) is 5.10. The molecule has 2 aromatic heterocycles. The molecule has 1 amide bonds. The number of amides is 1. The Morgan fingerprint density at radius 3 is 2.44 bits per heavy atom. The van der Waals surface area contributed by atoms with E-state index in [9.17, 15) is 4.79 Å². The molecule has 0 atom stereocenters. The van der Waals surface area contributed by atoms with Crippen LogP contribution in [0.4, 0.5) is 5.82 Å². The van der Waals surface area contributed by atoms with E-state index in [4.69, 9.17) is 0 Å². The van der Waals surface area contributed by atoms with Crippen LogP contribution in [-0.4, -0.2) is 61.9 Å². The number of para-hydroxylation sites is 1. The fourth-order valence-electron chi connectivity index (χ4n) is 4.60. The Balaban J connectivity index is 1.18. The minimum Gasteiger partial charge on any atom is -0.351 e. The number of hydrogen-bond acceptors (Lipinski definition) is 6. The molecule has 0 saturated carbocycles. The van der Waals surface area contributed by atoms with Crippen molar-refractivity contribution in [1.82, 2.24) is 29.9 Å². The number of fused-ring (bicyclic) bond motifs is 2. The summed E-state index contributed by atoms with van der Waals surface area (Å²) in [4.78, 5) is 26.1. The second-order valence-electron chi connectivity index (χ2n) is 8.39. The van der Waals surface area contributed by atoms with Crippen LogP contribution < -0.4 is 4.90 Å². The summed E-state index contributed by atoms with van der Waals surface area (Å²) in [6.07, 6.45) is 1.96. The summed E-state index contributed by atoms with van der Waals surface area (Å²) in [6, 6.07) is 24.2. The molecule has 34 heavy (non-hydrogen) atoms. The Labute approximate surface area is 196 Å². The summed E-state index contributed by atoms with van der Waals surface area (Å²) in [6.45, 7) is 2.65. The molecule has 0 bridgehead atoms. The number of hydrogen-bond donors (Lipinski definition) is 0. The highest BCUT2D eigenvalue weighted by atomic mass is 16.2. The zero-order valence-electron chi connectivity index (χ0n) is 18.6. The standard InChI is InChI=1S/C26H23N7O/c34-23(17-20-9-6-8-19-7-4-5-12-22(19)20)31-13-15-32(16-14-31)25-24-26(28-18-27-25)33(30-29-24)21-10-2-1-3-11-21/h1-12,18H,13-17H2. The molecule has 0 spiro atoms. The van der Waals surface area contributed by atoms with Crippen molar-refractivity contribution < 1.29 is 4.79 Å². The normalized spacial score (nSPS) is 14.1. The Morgan fingerprint density at radius 2 is 1.59 bits per heavy atom. The van der Waals surface area contributed by atoms with E-state index in [1.54, 1.807) is 11.0 Å². The van der Waals surface area contributed by atoms with Crippen molar-refractivity contribution in [1.29, 1.82) is 0 Å². The lowest BCUT2D eigenvalue weighted by Crippen LogP contribution is -2.49. The fourth-order valence-corrected chi connectivity index (χ4v) is 4.60. The topological polar surface area (TPSA) is 80.0 Å². The van der Waals surface area contributed by atoms with Crippen LogP contribution in [0, 0.1) is 0 Å². The average molecular weight is 450 g/mol. The Morgan fingerprint density at radius 1 is 0.824 bits per heavy atom. The van der Waals surface area contributed by atoms with E-state index < -0.39 is 0 Å². The van der Waals surface area contributed by atoms with Gasteiger partial charge in [-0.05, 0) is 28.5 Å². The van der Waals surface area contributed by atoms with Gasteiger partial charge in [-0.15, -0.1) is 5.10 Å². The Hall–Kier alpha value is -4.33. The van der Waals surface area contributed by atoms with Gasteiger partial charge in [-0.25, -0.2) is 9.97 Å². The molecule has 5 aromatic rings. The van der Waals surface area contributed by atoms with Crippen LogP contribution in [0.15, 0.2) is 79.1 Å². The van der Waals surface area contributed by atoms with Crippen LogP contribution in [0.5, 0.6) is 0 Å². The minimum absolute atomic E-state index is 0.152. The van der Waals surface area contributed by atoms with E-state index in [2.05, 4.69) is 43.4 Å². The highest BCUT2D eigenvalue weighted by molar-refractivity contribution is 5.90. The van der Waals surface area contributed by atoms with Crippen LogP contribution in [-0.2, 0) is 11.2 Å². The van der Waals surface area contributed by atoms with Gasteiger partial charge in [0.05, 0.1) is 12.1 Å². The summed E-state index contributed by atoms with van der Waals surface area (Å²) < 4.78 is 1.73. The van der Waals surface area contributed by atoms with Gasteiger partial charge in [0.2, 0.25) is 5.91 Å². The largest absolute Gasteiger partial charge is 0.351 e. The first-order valence-electron chi connectivity index (χ1n) is 11.4. The lowest BCUT2D eigenvalue weighted by Gasteiger charge is -2.35. The number of piperazine rings is 1. The predicted molar refractivity (Wildman–Crippen MR) is 131 cm³/mol. The molecule has 1 aliphatic heterocycles. The maximum atomic E-state index is 13.1. The summed E-state index contributed by atoms with van der Waals surface area (Å²) in [7, 11) is 0. The molecule has 3 aromatic carbocycles. The van der Waals surface area contributed by atoms with Crippen molar-refractivity contribution in [3.05, 3.63) is 84.7 Å². The summed E-state index contributed by atoms with van der Waals surface area (Å²) in [5.74, 6) is 0.909. The smallest absolute Gasteiger partial charge is 0.227 e. The van der Waals surface area contributed by atoms with Gasteiger partial charge in [-0.3, -0.25) is 4.79 Å². The average Bonchev–Trinajstić information content (AvgIpc) is 3.34. The van der Waals surface area contributed by atoms with E-state index in [0.717, 1.165) is 27.8 Å². The highest BCUT2D eigenvalue weighted by Gasteiger charge is 2.25. The molecule has 1 fully saturated rings. The van der Waals surface area contributed by atoms with Crippen LogP contribution in [0.25, 0.3) is 27.6 Å². The summed E-state index contributed by atoms with van der Waals surface area (Å²) in [5, 5.41) is 11.0. The third-order valence-electron chi connectivity index (χ3n) is 6.37. The van der Waals surface area contributed by atoms with Gasteiger partial charge in [0.25, 0.3) is 0 Å². The first kappa shape index (κ1) is 20.3. The number of anilines is 1. The first-order valence-corrected chi connectivity index (χ1v) is 11.4. The van der Waals surface area contributed by atoms with E-state index in [-0.39, 0.29) is 5.91 Å². The lowest BCUT2D eigenvalue weighted by atomic mass is 10.0. The third kappa shape index (κ3) is 3.63. The van der Waals surface area contributed by atoms with Gasteiger partial charge in [0.15, 0.2) is 17.0 Å². The highest BCUT2D eigenvalue weighted by Crippen LogP contribution is 2.24. The summed E-state index contributed by atoms with van der Waals surface area (Å²) >= 11 is 0. The van der Waals surface area contributed by atoms with Gasteiger partial charge < -0.3 is 9.80 Å². The monoisotopic (exact) mass is 449 g/mol. The molecule has 1 saturated heterocycles. The van der Waals surface area contributed by atoms with Crippen molar-refractivity contribution in [2.24, 2.45) is 0 Å². The van der Waals surface area contributed by atoms with Crippen molar-refractivity contribution in [3.8, 4) is 5.69 Å². The molecule has 0 unspecified atom stereocenters. The predicted octanol–water partition coefficient (Wildman–Crippen LogP) is 3.26.